The number of alkyl halides is 3. The third-order valence-corrected chi connectivity index (χ3v) is 2.83. The lowest BCUT2D eigenvalue weighted by Gasteiger charge is -2.15. The molecule has 0 saturated carbocycles. The van der Waals surface area contributed by atoms with Gasteiger partial charge in [-0.25, -0.2) is 0 Å². The van der Waals surface area contributed by atoms with Crippen molar-refractivity contribution >= 4 is 5.84 Å². The fourth-order valence-electron chi connectivity index (χ4n) is 1.78. The van der Waals surface area contributed by atoms with Gasteiger partial charge in [-0.1, -0.05) is 30.3 Å². The lowest BCUT2D eigenvalue weighted by atomic mass is 10.1. The maximum atomic E-state index is 13.0. The molecule has 0 radical (unpaired) electrons. The number of rotatable bonds is 4. The van der Waals surface area contributed by atoms with Crippen LogP contribution in [0.4, 0.5) is 13.2 Å². The minimum Gasteiger partial charge on any atom is -0.488 e. The Hall–Kier alpha value is -2.50. The monoisotopic (exact) mass is 294 g/mol. The van der Waals surface area contributed by atoms with Crippen molar-refractivity contribution < 1.29 is 17.9 Å². The highest BCUT2D eigenvalue weighted by atomic mass is 19.4. The van der Waals surface area contributed by atoms with Gasteiger partial charge >= 0.3 is 6.18 Å². The third-order valence-electron chi connectivity index (χ3n) is 2.83. The van der Waals surface area contributed by atoms with E-state index >= 15 is 0 Å². The Labute approximate surface area is 119 Å². The number of hydrogen-bond acceptors (Lipinski definition) is 2. The first-order valence-corrected chi connectivity index (χ1v) is 6.10. The Morgan fingerprint density at radius 2 is 1.76 bits per heavy atom. The molecule has 2 aromatic carbocycles. The minimum absolute atomic E-state index is 0.00869. The Kier molecular flexibility index (Phi) is 4.16. The van der Waals surface area contributed by atoms with Gasteiger partial charge < -0.3 is 10.5 Å². The number of nitrogens with one attached hydrogen (secondary N) is 1. The Balaban J connectivity index is 2.28. The highest BCUT2D eigenvalue weighted by Gasteiger charge is 2.34. The van der Waals surface area contributed by atoms with Crippen LogP contribution in [0.3, 0.4) is 0 Å². The largest absolute Gasteiger partial charge is 0.488 e. The number of amidine groups is 1. The summed E-state index contributed by atoms with van der Waals surface area (Å²) >= 11 is 0. The van der Waals surface area contributed by atoms with Crippen molar-refractivity contribution in [3.8, 4) is 5.75 Å². The Morgan fingerprint density at radius 3 is 2.33 bits per heavy atom. The summed E-state index contributed by atoms with van der Waals surface area (Å²) in [5.41, 5.74) is 5.05. The van der Waals surface area contributed by atoms with E-state index in [0.29, 0.717) is 0 Å². The molecule has 0 amide bonds. The van der Waals surface area contributed by atoms with E-state index in [9.17, 15) is 13.2 Å². The fraction of sp³-hybridized carbons (Fsp3) is 0.133. The molecule has 0 heterocycles. The molecule has 2 aromatic rings. The molecule has 6 heteroatoms. The standard InChI is InChI=1S/C15H13F3N2O/c16-15(17,18)12-8-11(14(19)20)6-7-13(12)21-9-10-4-2-1-3-5-10/h1-8H,9H2,(H3,19,20). The van der Waals surface area contributed by atoms with Crippen LogP contribution in [0, 0.1) is 5.41 Å². The summed E-state index contributed by atoms with van der Waals surface area (Å²) in [7, 11) is 0. The number of benzene rings is 2. The van der Waals surface area contributed by atoms with Crippen molar-refractivity contribution in [1.29, 1.82) is 5.41 Å². The maximum absolute atomic E-state index is 13.0. The van der Waals surface area contributed by atoms with Crippen LogP contribution in [0.1, 0.15) is 16.7 Å². The van der Waals surface area contributed by atoms with Crippen molar-refractivity contribution in [2.45, 2.75) is 12.8 Å². The number of halogens is 3. The molecule has 0 spiro atoms. The van der Waals surface area contributed by atoms with E-state index in [1.54, 1.807) is 24.3 Å². The molecule has 0 aliphatic rings. The summed E-state index contributed by atoms with van der Waals surface area (Å²) in [6, 6.07) is 12.2. The van der Waals surface area contributed by atoms with Crippen LogP contribution in [0.2, 0.25) is 0 Å². The molecule has 21 heavy (non-hydrogen) atoms. The van der Waals surface area contributed by atoms with E-state index in [-0.39, 0.29) is 17.9 Å². The van der Waals surface area contributed by atoms with Crippen molar-refractivity contribution in [1.82, 2.24) is 0 Å². The van der Waals surface area contributed by atoms with Gasteiger partial charge in [-0.2, -0.15) is 13.2 Å². The van der Waals surface area contributed by atoms with Crippen LogP contribution in [-0.2, 0) is 12.8 Å². The molecule has 0 aliphatic heterocycles. The smallest absolute Gasteiger partial charge is 0.419 e. The van der Waals surface area contributed by atoms with Gasteiger partial charge in [-0.05, 0) is 23.8 Å². The molecule has 0 bridgehead atoms. The van der Waals surface area contributed by atoms with Gasteiger partial charge in [0.15, 0.2) is 0 Å². The quantitative estimate of drug-likeness (QED) is 0.669. The topological polar surface area (TPSA) is 59.1 Å². The second-order valence-electron chi connectivity index (χ2n) is 4.40. The highest BCUT2D eigenvalue weighted by molar-refractivity contribution is 5.95. The Morgan fingerprint density at radius 1 is 1.10 bits per heavy atom. The molecule has 0 aromatic heterocycles. The minimum atomic E-state index is -4.57. The second-order valence-corrected chi connectivity index (χ2v) is 4.40. The molecular formula is C15H13F3N2O. The highest BCUT2D eigenvalue weighted by Crippen LogP contribution is 2.37. The van der Waals surface area contributed by atoms with E-state index in [1.165, 1.54) is 12.1 Å². The van der Waals surface area contributed by atoms with Crippen LogP contribution in [0.15, 0.2) is 48.5 Å². The first kappa shape index (κ1) is 14.9. The molecular weight excluding hydrogens is 281 g/mol. The summed E-state index contributed by atoms with van der Waals surface area (Å²) < 4.78 is 44.3. The van der Waals surface area contributed by atoms with Gasteiger partial charge in [-0.3, -0.25) is 5.41 Å². The van der Waals surface area contributed by atoms with Crippen LogP contribution in [0.25, 0.3) is 0 Å². The first-order valence-electron chi connectivity index (χ1n) is 6.10. The van der Waals surface area contributed by atoms with Crippen LogP contribution >= 0.6 is 0 Å². The van der Waals surface area contributed by atoms with E-state index in [2.05, 4.69) is 0 Å². The summed E-state index contributed by atoms with van der Waals surface area (Å²) in [6.45, 7) is 0.0311. The van der Waals surface area contributed by atoms with Crippen LogP contribution < -0.4 is 10.5 Å². The molecule has 110 valence electrons. The number of ether oxygens (including phenoxy) is 1. The number of hydrogen-bond donors (Lipinski definition) is 2. The molecule has 0 saturated heterocycles. The number of nitrogen functional groups attached to an aromatic ring is 1. The van der Waals surface area contributed by atoms with Gasteiger partial charge in [0.1, 0.15) is 18.2 Å². The normalized spacial score (nSPS) is 11.2. The lowest BCUT2D eigenvalue weighted by Crippen LogP contribution is -2.15. The van der Waals surface area contributed by atoms with Gasteiger partial charge in [-0.15, -0.1) is 0 Å². The van der Waals surface area contributed by atoms with Crippen LogP contribution in [0.5, 0.6) is 5.75 Å². The molecule has 3 nitrogen and oxygen atoms in total. The average Bonchev–Trinajstić information content (AvgIpc) is 2.45. The summed E-state index contributed by atoms with van der Waals surface area (Å²) in [4.78, 5) is 0. The lowest BCUT2D eigenvalue weighted by molar-refractivity contribution is -0.139. The van der Waals surface area contributed by atoms with E-state index < -0.39 is 17.6 Å². The second kappa shape index (κ2) is 5.87. The molecule has 0 aliphatic carbocycles. The predicted molar refractivity (Wildman–Crippen MR) is 73.2 cm³/mol. The first-order chi connectivity index (χ1) is 9.88. The van der Waals surface area contributed by atoms with Crippen molar-refractivity contribution in [2.24, 2.45) is 5.73 Å². The molecule has 2 rings (SSSR count). The van der Waals surface area contributed by atoms with Gasteiger partial charge in [0.25, 0.3) is 0 Å². The zero-order valence-electron chi connectivity index (χ0n) is 10.9. The van der Waals surface area contributed by atoms with Crippen molar-refractivity contribution in [3.05, 3.63) is 65.2 Å². The zero-order valence-corrected chi connectivity index (χ0v) is 10.9. The maximum Gasteiger partial charge on any atom is 0.419 e. The Bertz CT molecular complexity index is 639. The summed E-state index contributed by atoms with van der Waals surface area (Å²) in [6.07, 6.45) is -4.57. The third kappa shape index (κ3) is 3.75. The van der Waals surface area contributed by atoms with Crippen molar-refractivity contribution in [3.63, 3.8) is 0 Å². The van der Waals surface area contributed by atoms with E-state index in [4.69, 9.17) is 15.9 Å². The molecule has 0 unspecified atom stereocenters. The SMILES string of the molecule is N=C(N)c1ccc(OCc2ccccc2)c(C(F)(F)F)c1. The molecule has 0 fully saturated rings. The predicted octanol–water partition coefficient (Wildman–Crippen LogP) is 3.57. The zero-order chi connectivity index (χ0) is 15.5. The van der Waals surface area contributed by atoms with Gasteiger partial charge in [0, 0.05) is 5.56 Å². The van der Waals surface area contributed by atoms with Crippen molar-refractivity contribution in [2.75, 3.05) is 0 Å². The van der Waals surface area contributed by atoms with Crippen LogP contribution in [-0.4, -0.2) is 5.84 Å². The van der Waals surface area contributed by atoms with E-state index in [1.807, 2.05) is 6.07 Å². The molecule has 0 atom stereocenters. The summed E-state index contributed by atoms with van der Waals surface area (Å²) in [5, 5.41) is 7.21. The van der Waals surface area contributed by atoms with Gasteiger partial charge in [0.2, 0.25) is 0 Å². The summed E-state index contributed by atoms with van der Waals surface area (Å²) in [5.74, 6) is -0.702. The van der Waals surface area contributed by atoms with Gasteiger partial charge in [0.05, 0.1) is 5.56 Å². The molecule has 3 N–H and O–H groups in total. The number of nitrogens with two attached hydrogens (primary N) is 1. The fourth-order valence-corrected chi connectivity index (χ4v) is 1.78. The average molecular weight is 294 g/mol. The van der Waals surface area contributed by atoms with E-state index in [0.717, 1.165) is 11.6 Å².